The van der Waals surface area contributed by atoms with Crippen LogP contribution in [0.15, 0.2) is 47.5 Å². The van der Waals surface area contributed by atoms with Gasteiger partial charge in [0.2, 0.25) is 15.9 Å². The summed E-state index contributed by atoms with van der Waals surface area (Å²) in [6, 6.07) is 11.0. The van der Waals surface area contributed by atoms with Crippen LogP contribution in [0.1, 0.15) is 32.1 Å². The van der Waals surface area contributed by atoms with Gasteiger partial charge in [-0.05, 0) is 68.5 Å². The number of nitrogens with zero attached hydrogens (tertiary/aromatic N) is 3. The monoisotopic (exact) mass is 462 g/mol. The summed E-state index contributed by atoms with van der Waals surface area (Å²) in [5, 5.41) is 2.95. The van der Waals surface area contributed by atoms with Crippen molar-refractivity contribution in [3.05, 3.63) is 47.7 Å². The van der Waals surface area contributed by atoms with Crippen LogP contribution in [-0.2, 0) is 14.8 Å². The average Bonchev–Trinajstić information content (AvgIpc) is 2.80. The first-order valence-electron chi connectivity index (χ1n) is 10.7. The molecule has 2 saturated heterocycles. The molecule has 1 N–H and O–H groups in total. The predicted molar refractivity (Wildman–Crippen MR) is 122 cm³/mol. The smallest absolute Gasteiger partial charge is 0.246 e. The van der Waals surface area contributed by atoms with E-state index in [9.17, 15) is 13.2 Å². The highest BCUT2D eigenvalue weighted by atomic mass is 35.5. The number of carbonyl (C=O) groups excluding carboxylic acids is 1. The van der Waals surface area contributed by atoms with E-state index < -0.39 is 10.0 Å². The van der Waals surface area contributed by atoms with E-state index in [1.165, 1.54) is 41.5 Å². The number of halogens is 1. The van der Waals surface area contributed by atoms with Crippen molar-refractivity contribution in [2.75, 3.05) is 36.4 Å². The molecule has 0 saturated carbocycles. The van der Waals surface area contributed by atoms with Crippen LogP contribution in [0.3, 0.4) is 0 Å². The number of hydrogen-bond acceptors (Lipinski definition) is 5. The summed E-state index contributed by atoms with van der Waals surface area (Å²) in [6.45, 7) is 2.72. The molecular weight excluding hydrogens is 436 g/mol. The molecular formula is C22H27ClN4O3S. The number of amides is 1. The standard InChI is InChI=1S/C22H27ClN4O3S/c23-21-20(5-4-12-24-21)31(29,30)27-15-10-17(11-16-27)22(28)25-18-6-8-19(9-7-18)26-13-2-1-3-14-26/h4-9,12,17H,1-3,10-11,13-16H2,(H,25,28). The van der Waals surface area contributed by atoms with E-state index in [0.717, 1.165) is 18.8 Å². The van der Waals surface area contributed by atoms with Crippen LogP contribution in [0.5, 0.6) is 0 Å². The normalized spacial score (nSPS) is 18.7. The van der Waals surface area contributed by atoms with Gasteiger partial charge in [0.1, 0.15) is 10.0 Å². The van der Waals surface area contributed by atoms with Crippen molar-refractivity contribution in [2.45, 2.75) is 37.0 Å². The van der Waals surface area contributed by atoms with Gasteiger partial charge in [-0.3, -0.25) is 4.79 Å². The predicted octanol–water partition coefficient (Wildman–Crippen LogP) is 3.76. The molecule has 3 heterocycles. The maximum absolute atomic E-state index is 12.8. The number of benzene rings is 1. The van der Waals surface area contributed by atoms with E-state index >= 15 is 0 Å². The SMILES string of the molecule is O=C(Nc1ccc(N2CCCCC2)cc1)C1CCN(S(=O)(=O)c2cccnc2Cl)CC1. The maximum Gasteiger partial charge on any atom is 0.246 e. The first-order valence-corrected chi connectivity index (χ1v) is 12.5. The molecule has 1 aromatic heterocycles. The lowest BCUT2D eigenvalue weighted by Gasteiger charge is -2.31. The number of carbonyl (C=O) groups is 1. The van der Waals surface area contributed by atoms with Crippen LogP contribution in [0.2, 0.25) is 5.15 Å². The van der Waals surface area contributed by atoms with Gasteiger partial charge in [-0.1, -0.05) is 11.6 Å². The highest BCUT2D eigenvalue weighted by molar-refractivity contribution is 7.89. The molecule has 7 nitrogen and oxygen atoms in total. The molecule has 166 valence electrons. The number of aromatic nitrogens is 1. The topological polar surface area (TPSA) is 82.6 Å². The third-order valence-electron chi connectivity index (χ3n) is 6.02. The van der Waals surface area contributed by atoms with Crippen molar-refractivity contribution in [1.82, 2.24) is 9.29 Å². The average molecular weight is 463 g/mol. The number of nitrogens with one attached hydrogen (secondary N) is 1. The van der Waals surface area contributed by atoms with Gasteiger partial charge >= 0.3 is 0 Å². The number of piperidine rings is 2. The minimum absolute atomic E-state index is 0.00774. The molecule has 2 aromatic rings. The number of rotatable bonds is 5. The van der Waals surface area contributed by atoms with Gasteiger partial charge in [-0.25, -0.2) is 13.4 Å². The molecule has 2 fully saturated rings. The highest BCUT2D eigenvalue weighted by Crippen LogP contribution is 2.28. The second kappa shape index (κ2) is 9.54. The first kappa shape index (κ1) is 22.0. The fourth-order valence-corrected chi connectivity index (χ4v) is 6.11. The molecule has 2 aliphatic heterocycles. The third-order valence-corrected chi connectivity index (χ3v) is 8.37. The lowest BCUT2D eigenvalue weighted by molar-refractivity contribution is -0.120. The Bertz CT molecular complexity index is 1020. The molecule has 9 heteroatoms. The van der Waals surface area contributed by atoms with Crippen LogP contribution >= 0.6 is 11.6 Å². The Kier molecular flexibility index (Phi) is 6.79. The Hall–Kier alpha value is -2.16. The summed E-state index contributed by atoms with van der Waals surface area (Å²) in [6.07, 6.45) is 6.13. The zero-order valence-corrected chi connectivity index (χ0v) is 18.9. The van der Waals surface area contributed by atoms with Crippen molar-refractivity contribution in [1.29, 1.82) is 0 Å². The summed E-state index contributed by atoms with van der Waals surface area (Å²) >= 11 is 5.97. The van der Waals surface area contributed by atoms with Crippen molar-refractivity contribution >= 4 is 38.9 Å². The maximum atomic E-state index is 12.8. The van der Waals surface area contributed by atoms with Crippen molar-refractivity contribution in [3.63, 3.8) is 0 Å². The van der Waals surface area contributed by atoms with Gasteiger partial charge in [0, 0.05) is 49.7 Å². The Morgan fingerprint density at radius 2 is 1.68 bits per heavy atom. The quantitative estimate of drug-likeness (QED) is 0.684. The van der Waals surface area contributed by atoms with E-state index in [-0.39, 0.29) is 35.0 Å². The molecule has 0 atom stereocenters. The summed E-state index contributed by atoms with van der Waals surface area (Å²) in [5.41, 5.74) is 1.95. The molecule has 0 spiro atoms. The number of hydrogen-bond donors (Lipinski definition) is 1. The Balaban J connectivity index is 1.33. The van der Waals surface area contributed by atoms with Crippen LogP contribution < -0.4 is 10.2 Å². The minimum Gasteiger partial charge on any atom is -0.372 e. The Morgan fingerprint density at radius 3 is 2.32 bits per heavy atom. The number of sulfonamides is 1. The number of pyridine rings is 1. The van der Waals surface area contributed by atoms with E-state index in [1.807, 2.05) is 24.3 Å². The second-order valence-corrected chi connectivity index (χ2v) is 10.3. The van der Waals surface area contributed by atoms with Crippen molar-refractivity contribution in [2.24, 2.45) is 5.92 Å². The lowest BCUT2D eigenvalue weighted by atomic mass is 9.97. The van der Waals surface area contributed by atoms with Crippen LogP contribution in [0.25, 0.3) is 0 Å². The van der Waals surface area contributed by atoms with Gasteiger partial charge in [0.15, 0.2) is 0 Å². The van der Waals surface area contributed by atoms with Gasteiger partial charge < -0.3 is 10.2 Å². The van der Waals surface area contributed by atoms with E-state index in [0.29, 0.717) is 12.8 Å². The van der Waals surface area contributed by atoms with E-state index in [4.69, 9.17) is 11.6 Å². The Labute approximate surface area is 188 Å². The molecule has 1 amide bonds. The lowest BCUT2D eigenvalue weighted by Crippen LogP contribution is -2.41. The molecule has 31 heavy (non-hydrogen) atoms. The van der Waals surface area contributed by atoms with Gasteiger partial charge in [0.25, 0.3) is 0 Å². The van der Waals surface area contributed by atoms with Gasteiger partial charge in [0.05, 0.1) is 0 Å². The fraction of sp³-hybridized carbons (Fsp3) is 0.455. The molecule has 0 bridgehead atoms. The third kappa shape index (κ3) is 5.02. The summed E-state index contributed by atoms with van der Waals surface area (Å²) in [7, 11) is -3.71. The van der Waals surface area contributed by atoms with Crippen LogP contribution in [0.4, 0.5) is 11.4 Å². The summed E-state index contributed by atoms with van der Waals surface area (Å²) in [5.74, 6) is -0.292. The highest BCUT2D eigenvalue weighted by Gasteiger charge is 2.33. The zero-order valence-electron chi connectivity index (χ0n) is 17.3. The zero-order chi connectivity index (χ0) is 21.8. The van der Waals surface area contributed by atoms with Crippen LogP contribution in [0, 0.1) is 5.92 Å². The molecule has 4 rings (SSSR count). The van der Waals surface area contributed by atoms with Crippen LogP contribution in [-0.4, -0.2) is 49.8 Å². The summed E-state index contributed by atoms with van der Waals surface area (Å²) in [4.78, 5) is 19.0. The first-order chi connectivity index (χ1) is 14.9. The van der Waals surface area contributed by atoms with E-state index in [1.54, 1.807) is 6.07 Å². The largest absolute Gasteiger partial charge is 0.372 e. The van der Waals surface area contributed by atoms with Gasteiger partial charge in [-0.15, -0.1) is 0 Å². The molecule has 0 aliphatic carbocycles. The van der Waals surface area contributed by atoms with Crippen molar-refractivity contribution < 1.29 is 13.2 Å². The summed E-state index contributed by atoms with van der Waals surface area (Å²) < 4.78 is 27.1. The molecule has 1 aromatic carbocycles. The van der Waals surface area contributed by atoms with Crippen molar-refractivity contribution in [3.8, 4) is 0 Å². The molecule has 0 unspecified atom stereocenters. The van der Waals surface area contributed by atoms with Gasteiger partial charge in [-0.2, -0.15) is 4.31 Å². The fourth-order valence-electron chi connectivity index (χ4n) is 4.21. The van der Waals surface area contributed by atoms with E-state index in [2.05, 4.69) is 15.2 Å². The molecule has 2 aliphatic rings. The second-order valence-electron chi connectivity index (χ2n) is 8.05. The minimum atomic E-state index is -3.71. The Morgan fingerprint density at radius 1 is 1.00 bits per heavy atom. The number of anilines is 2. The molecule has 0 radical (unpaired) electrons.